The van der Waals surface area contributed by atoms with Gasteiger partial charge in [0.25, 0.3) is 0 Å². The van der Waals surface area contributed by atoms with Gasteiger partial charge in [0.15, 0.2) is 0 Å². The Morgan fingerprint density at radius 2 is 1.87 bits per heavy atom. The first-order chi connectivity index (χ1) is 10.9. The smallest absolute Gasteiger partial charge is 0.353 e. The molecule has 3 unspecified atom stereocenters. The van der Waals surface area contributed by atoms with E-state index in [1.807, 2.05) is 24.3 Å². The average molecular weight is 325 g/mol. The summed E-state index contributed by atoms with van der Waals surface area (Å²) in [6.45, 7) is 0. The van der Waals surface area contributed by atoms with E-state index in [1.165, 1.54) is 5.56 Å². The van der Waals surface area contributed by atoms with Gasteiger partial charge in [-0.1, -0.05) is 30.7 Å². The zero-order valence-corrected chi connectivity index (χ0v) is 13.0. The highest BCUT2D eigenvalue weighted by Crippen LogP contribution is 2.38. The SMILES string of the molecule is O=C(NC1CCCC(C(F)(F)F)C1)C1CCCc2ccccc21. The molecule has 0 bridgehead atoms. The maximum absolute atomic E-state index is 12.9. The number of nitrogens with one attached hydrogen (secondary N) is 1. The molecule has 1 N–H and O–H groups in total. The van der Waals surface area contributed by atoms with Crippen molar-refractivity contribution in [1.82, 2.24) is 5.32 Å². The van der Waals surface area contributed by atoms with E-state index < -0.39 is 12.1 Å². The molecule has 1 saturated carbocycles. The molecule has 2 aliphatic rings. The first-order valence-corrected chi connectivity index (χ1v) is 8.40. The first kappa shape index (κ1) is 16.3. The van der Waals surface area contributed by atoms with Gasteiger partial charge in [-0.15, -0.1) is 0 Å². The summed E-state index contributed by atoms with van der Waals surface area (Å²) in [6, 6.07) is 7.54. The third kappa shape index (κ3) is 3.70. The van der Waals surface area contributed by atoms with Crippen LogP contribution in [0.15, 0.2) is 24.3 Å². The Morgan fingerprint density at radius 1 is 1.09 bits per heavy atom. The number of carbonyl (C=O) groups is 1. The van der Waals surface area contributed by atoms with Crippen LogP contribution >= 0.6 is 0 Å². The highest BCUT2D eigenvalue weighted by atomic mass is 19.4. The molecule has 23 heavy (non-hydrogen) atoms. The van der Waals surface area contributed by atoms with Crippen LogP contribution in [0.25, 0.3) is 0 Å². The second kappa shape index (κ2) is 6.54. The summed E-state index contributed by atoms with van der Waals surface area (Å²) in [7, 11) is 0. The summed E-state index contributed by atoms with van der Waals surface area (Å²) in [6.07, 6.45) is -0.0849. The van der Waals surface area contributed by atoms with Crippen molar-refractivity contribution in [1.29, 1.82) is 0 Å². The molecular weight excluding hydrogens is 303 g/mol. The Labute approximate surface area is 134 Å². The number of alkyl halides is 3. The number of hydrogen-bond acceptors (Lipinski definition) is 1. The Bertz CT molecular complexity index is 570. The zero-order valence-electron chi connectivity index (χ0n) is 13.0. The molecule has 1 amide bonds. The summed E-state index contributed by atoms with van der Waals surface area (Å²) < 4.78 is 38.7. The molecule has 2 nitrogen and oxygen atoms in total. The van der Waals surface area contributed by atoms with Gasteiger partial charge in [-0.25, -0.2) is 0 Å². The molecule has 0 spiro atoms. The van der Waals surface area contributed by atoms with Crippen molar-refractivity contribution in [2.75, 3.05) is 0 Å². The van der Waals surface area contributed by atoms with Crippen LogP contribution in [0.2, 0.25) is 0 Å². The van der Waals surface area contributed by atoms with Gasteiger partial charge < -0.3 is 5.32 Å². The largest absolute Gasteiger partial charge is 0.391 e. The van der Waals surface area contributed by atoms with E-state index in [4.69, 9.17) is 0 Å². The van der Waals surface area contributed by atoms with Crippen LogP contribution in [0.5, 0.6) is 0 Å². The second-order valence-electron chi connectivity index (χ2n) is 6.75. The van der Waals surface area contributed by atoms with Gasteiger partial charge in [-0.05, 0) is 49.7 Å². The van der Waals surface area contributed by atoms with E-state index in [-0.39, 0.29) is 30.7 Å². The van der Waals surface area contributed by atoms with Crippen LogP contribution in [0.4, 0.5) is 13.2 Å². The fraction of sp³-hybridized carbons (Fsp3) is 0.611. The molecule has 0 aromatic heterocycles. The topological polar surface area (TPSA) is 29.1 Å². The second-order valence-corrected chi connectivity index (χ2v) is 6.75. The first-order valence-electron chi connectivity index (χ1n) is 8.40. The number of aryl methyl sites for hydroxylation is 1. The average Bonchev–Trinajstić information content (AvgIpc) is 2.53. The van der Waals surface area contributed by atoms with E-state index >= 15 is 0 Å². The van der Waals surface area contributed by atoms with Crippen LogP contribution in [0.1, 0.15) is 55.6 Å². The highest BCUT2D eigenvalue weighted by molar-refractivity contribution is 5.84. The van der Waals surface area contributed by atoms with Crippen LogP contribution in [0, 0.1) is 5.92 Å². The number of halogens is 3. The number of amides is 1. The fourth-order valence-corrected chi connectivity index (χ4v) is 3.95. The van der Waals surface area contributed by atoms with Gasteiger partial charge in [0.1, 0.15) is 0 Å². The number of benzene rings is 1. The van der Waals surface area contributed by atoms with Gasteiger partial charge >= 0.3 is 6.18 Å². The number of fused-ring (bicyclic) bond motifs is 1. The van der Waals surface area contributed by atoms with Crippen molar-refractivity contribution in [3.63, 3.8) is 0 Å². The summed E-state index contributed by atoms with van der Waals surface area (Å²) >= 11 is 0. The standard InChI is InChI=1S/C18H22F3NO/c19-18(20,21)13-7-4-8-14(11-13)22-17(23)16-10-3-6-12-5-1-2-9-15(12)16/h1-2,5,9,13-14,16H,3-4,6-8,10-11H2,(H,22,23). The van der Waals surface area contributed by atoms with Crippen LogP contribution in [-0.2, 0) is 11.2 Å². The van der Waals surface area contributed by atoms with E-state index in [9.17, 15) is 18.0 Å². The minimum atomic E-state index is -4.15. The molecule has 5 heteroatoms. The third-order valence-corrected chi connectivity index (χ3v) is 5.17. The van der Waals surface area contributed by atoms with Crippen molar-refractivity contribution in [2.45, 2.75) is 63.1 Å². The van der Waals surface area contributed by atoms with E-state index in [1.54, 1.807) is 0 Å². The zero-order chi connectivity index (χ0) is 16.4. The van der Waals surface area contributed by atoms with Crippen LogP contribution in [-0.4, -0.2) is 18.1 Å². The Morgan fingerprint density at radius 3 is 2.65 bits per heavy atom. The summed E-state index contributed by atoms with van der Waals surface area (Å²) in [5.74, 6) is -1.60. The predicted octanol–water partition coefficient (Wildman–Crippen LogP) is 4.34. The van der Waals surface area contributed by atoms with Crippen LogP contribution in [0.3, 0.4) is 0 Å². The molecule has 0 saturated heterocycles. The lowest BCUT2D eigenvalue weighted by molar-refractivity contribution is -0.184. The maximum Gasteiger partial charge on any atom is 0.391 e. The summed E-state index contributed by atoms with van der Waals surface area (Å²) in [4.78, 5) is 12.6. The van der Waals surface area contributed by atoms with Gasteiger partial charge in [0.05, 0.1) is 11.8 Å². The highest BCUT2D eigenvalue weighted by Gasteiger charge is 2.42. The molecule has 0 aliphatic heterocycles. The molecule has 3 atom stereocenters. The quantitative estimate of drug-likeness (QED) is 0.861. The summed E-state index contributed by atoms with van der Waals surface area (Å²) in [5, 5.41) is 2.89. The van der Waals surface area contributed by atoms with E-state index in [0.717, 1.165) is 24.8 Å². The number of rotatable bonds is 2. The fourth-order valence-electron chi connectivity index (χ4n) is 3.95. The van der Waals surface area contributed by atoms with Crippen LogP contribution < -0.4 is 5.32 Å². The monoisotopic (exact) mass is 325 g/mol. The van der Waals surface area contributed by atoms with Gasteiger partial charge in [0, 0.05) is 6.04 Å². The molecular formula is C18H22F3NO. The number of carbonyl (C=O) groups excluding carboxylic acids is 1. The Kier molecular flexibility index (Phi) is 4.64. The third-order valence-electron chi connectivity index (χ3n) is 5.17. The lowest BCUT2D eigenvalue weighted by Crippen LogP contribution is -2.43. The molecule has 1 aromatic carbocycles. The van der Waals surface area contributed by atoms with Gasteiger partial charge in [-0.2, -0.15) is 13.2 Å². The lowest BCUT2D eigenvalue weighted by Gasteiger charge is -2.33. The Balaban J connectivity index is 1.66. The Hall–Kier alpha value is -1.52. The van der Waals surface area contributed by atoms with Crippen molar-refractivity contribution in [2.24, 2.45) is 5.92 Å². The van der Waals surface area contributed by atoms with Crippen molar-refractivity contribution >= 4 is 5.91 Å². The van der Waals surface area contributed by atoms with Crippen molar-refractivity contribution in [3.05, 3.63) is 35.4 Å². The van der Waals surface area contributed by atoms with Crippen molar-refractivity contribution in [3.8, 4) is 0 Å². The maximum atomic E-state index is 12.9. The lowest BCUT2D eigenvalue weighted by atomic mass is 9.81. The molecule has 3 rings (SSSR count). The van der Waals surface area contributed by atoms with Crippen molar-refractivity contribution < 1.29 is 18.0 Å². The molecule has 0 radical (unpaired) electrons. The molecule has 0 heterocycles. The van der Waals surface area contributed by atoms with Gasteiger partial charge in [0.2, 0.25) is 5.91 Å². The van der Waals surface area contributed by atoms with E-state index in [2.05, 4.69) is 5.32 Å². The minimum absolute atomic E-state index is 0.0175. The molecule has 2 aliphatic carbocycles. The van der Waals surface area contributed by atoms with Gasteiger partial charge in [-0.3, -0.25) is 4.79 Å². The molecule has 1 aromatic rings. The predicted molar refractivity (Wildman–Crippen MR) is 82.1 cm³/mol. The minimum Gasteiger partial charge on any atom is -0.353 e. The molecule has 1 fully saturated rings. The normalized spacial score (nSPS) is 28.0. The summed E-state index contributed by atoms with van der Waals surface area (Å²) in [5.41, 5.74) is 2.23. The molecule has 126 valence electrons. The van der Waals surface area contributed by atoms with E-state index in [0.29, 0.717) is 12.8 Å². The number of hydrogen-bond donors (Lipinski definition) is 1.